The molecule has 21 heavy (non-hydrogen) atoms. The van der Waals surface area contributed by atoms with Crippen molar-refractivity contribution in [2.24, 2.45) is 0 Å². The van der Waals surface area contributed by atoms with Crippen molar-refractivity contribution in [2.75, 3.05) is 13.6 Å². The van der Waals surface area contributed by atoms with Gasteiger partial charge in [0.25, 0.3) is 0 Å². The molecule has 0 bridgehead atoms. The van der Waals surface area contributed by atoms with Crippen molar-refractivity contribution in [3.8, 4) is 0 Å². The third kappa shape index (κ3) is 4.62. The molecule has 0 radical (unpaired) electrons. The molecule has 0 atom stereocenters. The lowest BCUT2D eigenvalue weighted by atomic mass is 9.89. The van der Waals surface area contributed by atoms with E-state index < -0.39 is 0 Å². The van der Waals surface area contributed by atoms with Crippen LogP contribution in [0.4, 0.5) is 0 Å². The molecule has 0 saturated heterocycles. The van der Waals surface area contributed by atoms with Crippen molar-refractivity contribution >= 4 is 5.96 Å². The Labute approximate surface area is 131 Å². The van der Waals surface area contributed by atoms with Crippen LogP contribution in [-0.2, 0) is 0 Å². The number of nitrogens with zero attached hydrogens (tertiary/aromatic N) is 2. The first-order chi connectivity index (χ1) is 10.2. The first kappa shape index (κ1) is 16.6. The van der Waals surface area contributed by atoms with E-state index in [9.17, 15) is 0 Å². The molecule has 0 heterocycles. The van der Waals surface area contributed by atoms with E-state index in [0.717, 1.165) is 12.5 Å². The second-order valence-corrected chi connectivity index (χ2v) is 7.09. The Balaban J connectivity index is 2.03. The molecule has 0 aromatic carbocycles. The lowest BCUT2D eigenvalue weighted by molar-refractivity contribution is 0.138. The van der Waals surface area contributed by atoms with Crippen LogP contribution < -0.4 is 0 Å². The number of rotatable bonds is 5. The van der Waals surface area contributed by atoms with Gasteiger partial charge in [-0.2, -0.15) is 0 Å². The van der Waals surface area contributed by atoms with Gasteiger partial charge in [-0.3, -0.25) is 5.41 Å². The van der Waals surface area contributed by atoms with Crippen LogP contribution in [0.15, 0.2) is 0 Å². The van der Waals surface area contributed by atoms with Gasteiger partial charge in [-0.05, 0) is 32.1 Å². The monoisotopic (exact) mass is 293 g/mol. The molecule has 2 saturated carbocycles. The van der Waals surface area contributed by atoms with Gasteiger partial charge >= 0.3 is 0 Å². The second-order valence-electron chi connectivity index (χ2n) is 7.09. The lowest BCUT2D eigenvalue weighted by Gasteiger charge is -2.45. The van der Waals surface area contributed by atoms with Crippen molar-refractivity contribution in [3.63, 3.8) is 0 Å². The summed E-state index contributed by atoms with van der Waals surface area (Å²) in [5.41, 5.74) is 0. The summed E-state index contributed by atoms with van der Waals surface area (Å²) in [5, 5.41) is 8.75. The van der Waals surface area contributed by atoms with Crippen molar-refractivity contribution < 1.29 is 0 Å². The standard InChI is InChI=1S/C18H35N3/c1-3-4-15-20(2)18(19)21(16-11-7-5-8-12-16)17-13-9-6-10-14-17/h16-17,19H,3-15H2,1-2H3. The summed E-state index contributed by atoms with van der Waals surface area (Å²) in [7, 11) is 2.12. The van der Waals surface area contributed by atoms with E-state index in [1.165, 1.54) is 77.0 Å². The van der Waals surface area contributed by atoms with Gasteiger partial charge in [-0.15, -0.1) is 0 Å². The highest BCUT2D eigenvalue weighted by atomic mass is 15.4. The smallest absolute Gasteiger partial charge is 0.193 e. The molecule has 3 nitrogen and oxygen atoms in total. The number of unbranched alkanes of at least 4 members (excludes halogenated alkanes) is 1. The minimum absolute atomic E-state index is 0.637. The minimum atomic E-state index is 0.637. The fraction of sp³-hybridized carbons (Fsp3) is 0.944. The molecule has 2 aliphatic rings. The summed E-state index contributed by atoms with van der Waals surface area (Å²) in [5.74, 6) is 0.808. The third-order valence-electron chi connectivity index (χ3n) is 5.39. The highest BCUT2D eigenvalue weighted by Crippen LogP contribution is 2.30. The highest BCUT2D eigenvalue weighted by Gasteiger charge is 2.31. The Kier molecular flexibility index (Phi) is 6.85. The minimum Gasteiger partial charge on any atom is -0.346 e. The summed E-state index contributed by atoms with van der Waals surface area (Å²) in [6.07, 6.45) is 15.9. The molecule has 0 aromatic heterocycles. The summed E-state index contributed by atoms with van der Waals surface area (Å²) in [6.45, 7) is 3.27. The number of hydrogen-bond acceptors (Lipinski definition) is 1. The predicted octanol–water partition coefficient (Wildman–Crippen LogP) is 4.62. The summed E-state index contributed by atoms with van der Waals surface area (Å²) < 4.78 is 0. The summed E-state index contributed by atoms with van der Waals surface area (Å²) >= 11 is 0. The van der Waals surface area contributed by atoms with Gasteiger partial charge < -0.3 is 9.80 Å². The molecule has 1 N–H and O–H groups in total. The quantitative estimate of drug-likeness (QED) is 0.592. The maximum atomic E-state index is 8.75. The molecular formula is C18H35N3. The first-order valence-electron chi connectivity index (χ1n) is 9.32. The van der Waals surface area contributed by atoms with Crippen molar-refractivity contribution in [1.29, 1.82) is 5.41 Å². The molecule has 2 rings (SSSR count). The van der Waals surface area contributed by atoms with E-state index >= 15 is 0 Å². The van der Waals surface area contributed by atoms with Crippen LogP contribution in [-0.4, -0.2) is 41.4 Å². The number of nitrogens with one attached hydrogen (secondary N) is 1. The van der Waals surface area contributed by atoms with Crippen LogP contribution in [0.5, 0.6) is 0 Å². The zero-order chi connectivity index (χ0) is 15.1. The Morgan fingerprint density at radius 3 is 1.81 bits per heavy atom. The average molecular weight is 293 g/mol. The van der Waals surface area contributed by atoms with Gasteiger partial charge in [-0.25, -0.2) is 0 Å². The van der Waals surface area contributed by atoms with Crippen molar-refractivity contribution in [3.05, 3.63) is 0 Å². The van der Waals surface area contributed by atoms with Gasteiger partial charge in [-0.1, -0.05) is 51.9 Å². The van der Waals surface area contributed by atoms with E-state index in [0.29, 0.717) is 12.1 Å². The van der Waals surface area contributed by atoms with Gasteiger partial charge in [0.15, 0.2) is 5.96 Å². The first-order valence-corrected chi connectivity index (χ1v) is 9.32. The average Bonchev–Trinajstić information content (AvgIpc) is 2.54. The zero-order valence-electron chi connectivity index (χ0n) is 14.2. The Morgan fingerprint density at radius 1 is 0.905 bits per heavy atom. The van der Waals surface area contributed by atoms with Gasteiger partial charge in [0.05, 0.1) is 0 Å². The number of hydrogen-bond donors (Lipinski definition) is 1. The molecule has 0 spiro atoms. The molecule has 0 unspecified atom stereocenters. The van der Waals surface area contributed by atoms with Gasteiger partial charge in [0, 0.05) is 25.7 Å². The third-order valence-corrected chi connectivity index (χ3v) is 5.39. The molecule has 2 fully saturated rings. The van der Waals surface area contributed by atoms with Crippen LogP contribution in [0.1, 0.15) is 84.0 Å². The lowest BCUT2D eigenvalue weighted by Crippen LogP contribution is -2.53. The van der Waals surface area contributed by atoms with E-state index in [1.807, 2.05) is 0 Å². The summed E-state index contributed by atoms with van der Waals surface area (Å²) in [6, 6.07) is 1.27. The van der Waals surface area contributed by atoms with Crippen LogP contribution in [0, 0.1) is 5.41 Å². The Hall–Kier alpha value is -0.730. The van der Waals surface area contributed by atoms with Gasteiger partial charge in [0.2, 0.25) is 0 Å². The van der Waals surface area contributed by atoms with Crippen LogP contribution >= 0.6 is 0 Å². The largest absolute Gasteiger partial charge is 0.346 e. The maximum absolute atomic E-state index is 8.75. The van der Waals surface area contributed by atoms with E-state index in [-0.39, 0.29) is 0 Å². The van der Waals surface area contributed by atoms with Crippen molar-refractivity contribution in [2.45, 2.75) is 96.1 Å². The van der Waals surface area contributed by atoms with Crippen LogP contribution in [0.2, 0.25) is 0 Å². The maximum Gasteiger partial charge on any atom is 0.193 e. The molecule has 0 aromatic rings. The van der Waals surface area contributed by atoms with E-state index in [4.69, 9.17) is 5.41 Å². The second kappa shape index (κ2) is 8.65. The molecule has 2 aliphatic carbocycles. The Morgan fingerprint density at radius 2 is 1.38 bits per heavy atom. The van der Waals surface area contributed by atoms with E-state index in [2.05, 4.69) is 23.8 Å². The van der Waals surface area contributed by atoms with E-state index in [1.54, 1.807) is 0 Å². The Bertz CT molecular complexity index is 286. The zero-order valence-corrected chi connectivity index (χ0v) is 14.2. The fourth-order valence-electron chi connectivity index (χ4n) is 4.06. The molecule has 122 valence electrons. The fourth-order valence-corrected chi connectivity index (χ4v) is 4.06. The molecule has 0 aliphatic heterocycles. The SMILES string of the molecule is CCCCN(C)C(=N)N(C1CCCCC1)C1CCCCC1. The topological polar surface area (TPSA) is 30.3 Å². The van der Waals surface area contributed by atoms with Crippen LogP contribution in [0.25, 0.3) is 0 Å². The van der Waals surface area contributed by atoms with Gasteiger partial charge in [0.1, 0.15) is 0 Å². The number of guanidine groups is 1. The highest BCUT2D eigenvalue weighted by molar-refractivity contribution is 5.77. The van der Waals surface area contributed by atoms with Crippen LogP contribution in [0.3, 0.4) is 0 Å². The normalized spacial score (nSPS) is 21.2. The molecule has 3 heteroatoms. The predicted molar refractivity (Wildman–Crippen MR) is 90.8 cm³/mol. The van der Waals surface area contributed by atoms with Crippen molar-refractivity contribution in [1.82, 2.24) is 9.80 Å². The summed E-state index contributed by atoms with van der Waals surface area (Å²) in [4.78, 5) is 4.74. The molecular weight excluding hydrogens is 258 g/mol. The molecule has 0 amide bonds.